The molecule has 696 valence electrons. The average molecular weight is 1700 g/mol. The van der Waals surface area contributed by atoms with E-state index in [1.165, 1.54) is 250 Å². The van der Waals surface area contributed by atoms with Crippen molar-refractivity contribution in [1.29, 1.82) is 0 Å². The van der Waals surface area contributed by atoms with E-state index >= 15 is 0 Å². The molecule has 1 rings (SSSR count). The molecule has 0 bridgehead atoms. The predicted molar refractivity (Wildman–Crippen MR) is 483 cm³/mol. The Labute approximate surface area is 723 Å². The van der Waals surface area contributed by atoms with Gasteiger partial charge in [0.1, 0.15) is 36.6 Å². The molecule has 0 aromatic heterocycles. The van der Waals surface area contributed by atoms with Crippen LogP contribution in [-0.2, 0) is 66.3 Å². The highest BCUT2D eigenvalue weighted by Gasteiger charge is 2.52. The maximum absolute atomic E-state index is 15.0. The minimum atomic E-state index is -5.48. The minimum absolute atomic E-state index is 0.0783. The molecule has 0 aliphatic carbocycles. The zero-order chi connectivity index (χ0) is 86.1. The molecular weight excluding hydrogens is 1510 g/mol. The van der Waals surface area contributed by atoms with Gasteiger partial charge < -0.3 is 53.9 Å². The summed E-state index contributed by atoms with van der Waals surface area (Å²) in [5, 5.41) is 16.9. The molecule has 20 heteroatoms. The second kappa shape index (κ2) is 83.4. The van der Waals surface area contributed by atoms with Crippen LogP contribution in [0.5, 0.6) is 0 Å². The standard InChI is InChI=1S/C98H187N2O17P/c1-7-13-19-25-31-37-40-42-43-45-48-54-60-65-71-77-92(105)113-86(74-68-62-56-50-35-29-23-17-11-5)82-90(103)100-95-97(116-94(107)83-87(75-69-63-57-51-36-30-24-18-12-6)114-93(106)78-72-66-58-52-46-39-33-27-21-15-9-3)96(117-118(108,109)110)88(84-101)115-98(95)111-80-79-99-89(102)81-85(73-67-61-55-49-34-28-22-16-10-4)112-91(104)76-70-64-59-53-47-44-41-38-32-26-20-14-8-2/h85-88,95-98,101H,7-84H2,1-6H3,(H,99,102)(H,100,103)(H2,108,109,110)/t85-,86-,87-,88-,95+,96-,97-,98+/m1/s1. The van der Waals surface area contributed by atoms with Crippen molar-refractivity contribution in [3.8, 4) is 0 Å². The van der Waals surface area contributed by atoms with Crippen molar-refractivity contribution in [1.82, 2.24) is 10.6 Å². The number of phosphoric ester groups is 1. The summed E-state index contributed by atoms with van der Waals surface area (Å²) in [5.41, 5.74) is 0. The molecule has 0 aromatic carbocycles. The lowest BCUT2D eigenvalue weighted by atomic mass is 9.96. The molecule has 2 amide bonds. The van der Waals surface area contributed by atoms with Crippen molar-refractivity contribution in [3.63, 3.8) is 0 Å². The van der Waals surface area contributed by atoms with Gasteiger partial charge in [-0.2, -0.15) is 0 Å². The molecular formula is C98H187N2O17P. The third-order valence-corrected chi connectivity index (χ3v) is 24.4. The SMILES string of the molecule is CCCCCCCCCCCCCCCCCC(=O)O[C@H](CCCCCCCCCCC)CC(=O)N[C@@H]1[C@@H](OCCNC(=O)C[C@@H](CCCCCCCCCCC)OC(=O)CCCCCCCCCCCCCCC)O[C@H](CO)[C@@H](OP(=O)(O)O)[C@@H]1OC(=O)C[C@@H](CCCCCCCCCCC)OC(=O)CCCCCCCCCCCCC. The number of carbonyl (C=O) groups excluding carboxylic acids is 6. The Bertz CT molecular complexity index is 2350. The molecule has 0 aromatic rings. The van der Waals surface area contributed by atoms with Crippen LogP contribution in [0.15, 0.2) is 0 Å². The van der Waals surface area contributed by atoms with E-state index in [0.717, 1.165) is 148 Å². The van der Waals surface area contributed by atoms with Gasteiger partial charge in [-0.1, -0.05) is 427 Å². The van der Waals surface area contributed by atoms with Crippen LogP contribution in [-0.4, -0.2) is 119 Å². The smallest absolute Gasteiger partial charge is 0.462 e. The van der Waals surface area contributed by atoms with Gasteiger partial charge in [0.2, 0.25) is 11.8 Å². The zero-order valence-corrected chi connectivity index (χ0v) is 78.2. The van der Waals surface area contributed by atoms with Gasteiger partial charge in [-0.3, -0.25) is 33.3 Å². The Morgan fingerprint density at radius 3 is 0.856 bits per heavy atom. The Morgan fingerprint density at radius 1 is 0.331 bits per heavy atom. The van der Waals surface area contributed by atoms with Gasteiger partial charge in [-0.15, -0.1) is 0 Å². The highest BCUT2D eigenvalue weighted by Crippen LogP contribution is 2.43. The molecule has 1 aliphatic heterocycles. The summed E-state index contributed by atoms with van der Waals surface area (Å²) >= 11 is 0. The molecule has 0 unspecified atom stereocenters. The number of carbonyl (C=O) groups is 6. The molecule has 118 heavy (non-hydrogen) atoms. The number of phosphoric acid groups is 1. The molecule has 1 saturated heterocycles. The van der Waals surface area contributed by atoms with E-state index in [1.54, 1.807) is 0 Å². The van der Waals surface area contributed by atoms with Crippen molar-refractivity contribution in [2.24, 2.45) is 0 Å². The second-order valence-electron chi connectivity index (χ2n) is 35.3. The number of hydrogen-bond donors (Lipinski definition) is 5. The quantitative estimate of drug-likeness (QED) is 0.0164. The largest absolute Gasteiger partial charge is 0.470 e. The summed E-state index contributed by atoms with van der Waals surface area (Å²) in [7, 11) is -5.48. The van der Waals surface area contributed by atoms with Crippen molar-refractivity contribution in [2.75, 3.05) is 19.8 Å². The number of nitrogens with one attached hydrogen (secondary N) is 2. The van der Waals surface area contributed by atoms with Crippen molar-refractivity contribution in [2.45, 2.75) is 572 Å². The number of unbranched alkanes of at least 4 members (excludes halogenated alkanes) is 60. The number of ether oxygens (including phenoxy) is 6. The predicted octanol–water partition coefficient (Wildman–Crippen LogP) is 26.8. The summed E-state index contributed by atoms with van der Waals surface area (Å²) in [6, 6.07) is -1.58. The maximum atomic E-state index is 15.0. The molecule has 1 heterocycles. The first kappa shape index (κ1) is 113. The fourth-order valence-corrected chi connectivity index (χ4v) is 17.1. The number of aliphatic hydroxyl groups excluding tert-OH is 1. The molecule has 0 saturated carbocycles. The normalized spacial score (nSPS) is 16.4. The lowest BCUT2D eigenvalue weighted by Gasteiger charge is -2.45. The highest BCUT2D eigenvalue weighted by atomic mass is 31.2. The summed E-state index contributed by atoms with van der Waals surface area (Å²) in [6.07, 6.45) is 66.4. The van der Waals surface area contributed by atoms with E-state index in [4.69, 9.17) is 32.9 Å². The van der Waals surface area contributed by atoms with E-state index in [1.807, 2.05) is 0 Å². The second-order valence-corrected chi connectivity index (χ2v) is 36.5. The summed E-state index contributed by atoms with van der Waals surface area (Å²) in [4.78, 5) is 106. The van der Waals surface area contributed by atoms with Crippen molar-refractivity contribution >= 4 is 43.5 Å². The molecule has 19 nitrogen and oxygen atoms in total. The molecule has 1 aliphatic rings. The van der Waals surface area contributed by atoms with Crippen LogP contribution >= 0.6 is 7.82 Å². The lowest BCUT2D eigenvalue weighted by molar-refractivity contribution is -0.270. The van der Waals surface area contributed by atoms with E-state index in [9.17, 15) is 48.2 Å². The van der Waals surface area contributed by atoms with Crippen LogP contribution < -0.4 is 10.6 Å². The van der Waals surface area contributed by atoms with Gasteiger partial charge >= 0.3 is 31.7 Å². The van der Waals surface area contributed by atoms with Gasteiger partial charge in [-0.05, 0) is 57.8 Å². The van der Waals surface area contributed by atoms with Gasteiger partial charge in [0.05, 0.1) is 32.5 Å². The fraction of sp³-hybridized carbons (Fsp3) is 0.939. The summed E-state index contributed by atoms with van der Waals surface area (Å²) < 4.78 is 55.9. The Hall–Kier alpha value is -3.19. The molecule has 0 radical (unpaired) electrons. The van der Waals surface area contributed by atoms with Crippen LogP contribution in [0, 0.1) is 0 Å². The van der Waals surface area contributed by atoms with Crippen LogP contribution in [0.25, 0.3) is 0 Å². The van der Waals surface area contributed by atoms with Crippen LogP contribution in [0.1, 0.15) is 523 Å². The van der Waals surface area contributed by atoms with Gasteiger partial charge in [0.15, 0.2) is 12.4 Å². The van der Waals surface area contributed by atoms with Crippen LogP contribution in [0.4, 0.5) is 0 Å². The molecule has 0 spiro atoms. The van der Waals surface area contributed by atoms with E-state index in [2.05, 4.69) is 52.2 Å². The minimum Gasteiger partial charge on any atom is -0.462 e. The van der Waals surface area contributed by atoms with E-state index in [0.29, 0.717) is 44.9 Å². The molecule has 1 fully saturated rings. The number of aliphatic hydroxyl groups is 1. The average Bonchev–Trinajstić information content (AvgIpc) is 0.780. The van der Waals surface area contributed by atoms with Crippen molar-refractivity contribution in [3.05, 3.63) is 0 Å². The van der Waals surface area contributed by atoms with Gasteiger partial charge in [0.25, 0.3) is 0 Å². The Balaban J connectivity index is 3.65. The number of rotatable bonds is 90. The van der Waals surface area contributed by atoms with Crippen LogP contribution in [0.3, 0.4) is 0 Å². The van der Waals surface area contributed by atoms with Gasteiger partial charge in [-0.25, -0.2) is 4.57 Å². The lowest BCUT2D eigenvalue weighted by Crippen LogP contribution is -2.66. The van der Waals surface area contributed by atoms with Crippen LogP contribution in [0.2, 0.25) is 0 Å². The number of hydrogen-bond acceptors (Lipinski definition) is 15. The van der Waals surface area contributed by atoms with Gasteiger partial charge in [0, 0.05) is 25.8 Å². The third kappa shape index (κ3) is 71.1. The highest BCUT2D eigenvalue weighted by molar-refractivity contribution is 7.46. The monoisotopic (exact) mass is 1700 g/mol. The zero-order valence-electron chi connectivity index (χ0n) is 77.3. The number of esters is 4. The fourth-order valence-electron chi connectivity index (χ4n) is 16.5. The molecule has 5 N–H and O–H groups in total. The number of amides is 2. The summed E-state index contributed by atoms with van der Waals surface area (Å²) in [6.45, 7) is 12.1. The van der Waals surface area contributed by atoms with E-state index in [-0.39, 0.29) is 57.1 Å². The third-order valence-electron chi connectivity index (χ3n) is 23.8. The van der Waals surface area contributed by atoms with E-state index < -0.39 is 93.6 Å². The Kier molecular flexibility index (Phi) is 79.7. The first-order valence-electron chi connectivity index (χ1n) is 50.5. The molecule has 8 atom stereocenters. The first-order valence-corrected chi connectivity index (χ1v) is 52.0. The maximum Gasteiger partial charge on any atom is 0.470 e. The summed E-state index contributed by atoms with van der Waals surface area (Å²) in [5.74, 6) is -3.13. The first-order chi connectivity index (χ1) is 57.5. The Morgan fingerprint density at radius 2 is 0.585 bits per heavy atom. The topological polar surface area (TPSA) is 269 Å². The van der Waals surface area contributed by atoms with Crippen molar-refractivity contribution < 1.29 is 81.2 Å².